The van der Waals surface area contributed by atoms with Crippen LogP contribution in [0.1, 0.15) is 57.5 Å². The van der Waals surface area contributed by atoms with Crippen LogP contribution in [0.15, 0.2) is 72.8 Å². The van der Waals surface area contributed by atoms with Crippen LogP contribution < -0.4 is 38.3 Å². The van der Waals surface area contributed by atoms with Crippen molar-refractivity contribution in [1.82, 2.24) is 30.7 Å². The Hall–Kier alpha value is -5.57. The smallest absolute Gasteiger partial charge is 0.347 e. The first kappa shape index (κ1) is 27.6. The largest absolute Gasteiger partial charge is 0.438 e. The Kier molecular flexibility index (Phi) is 7.07. The molecule has 2 aromatic carbocycles. The van der Waals surface area contributed by atoms with Crippen LogP contribution in [0.25, 0.3) is 0 Å². The number of aromatic amines is 1. The predicted molar refractivity (Wildman–Crippen MR) is 148 cm³/mol. The van der Waals surface area contributed by atoms with E-state index >= 15 is 0 Å². The number of hydrogen-bond donors (Lipinski definition) is 5. The summed E-state index contributed by atoms with van der Waals surface area (Å²) in [7, 11) is 0. The number of H-pyrrole nitrogens is 1. The van der Waals surface area contributed by atoms with E-state index in [0.717, 1.165) is 30.0 Å². The lowest BCUT2D eigenvalue weighted by atomic mass is 9.90. The number of allylic oxidation sites excluding steroid dienone is 2. The van der Waals surface area contributed by atoms with Crippen LogP contribution in [0.2, 0.25) is 0 Å². The molecule has 2 heterocycles. The molecule has 6 rings (SSSR count). The number of amides is 2. The van der Waals surface area contributed by atoms with Gasteiger partial charge in [-0.3, -0.25) is 28.7 Å². The molecule has 0 saturated heterocycles. The quantitative estimate of drug-likeness (QED) is 0.178. The van der Waals surface area contributed by atoms with Crippen LogP contribution in [-0.4, -0.2) is 38.0 Å². The van der Waals surface area contributed by atoms with Crippen molar-refractivity contribution in [2.24, 2.45) is 0 Å². The van der Waals surface area contributed by atoms with Gasteiger partial charge in [-0.1, -0.05) is 17.3 Å². The number of benzene rings is 1. The van der Waals surface area contributed by atoms with Gasteiger partial charge in [-0.05, 0) is 54.2 Å². The lowest BCUT2D eigenvalue weighted by Crippen LogP contribution is -2.54. The minimum Gasteiger partial charge on any atom is -0.347 e. The summed E-state index contributed by atoms with van der Waals surface area (Å²) in [6.07, 6.45) is 7.12. The molecule has 218 valence electrons. The molecule has 4 aromatic rings. The number of carbonyl (C=O) groups is 2. The fraction of sp³-hybridized carbons (Fsp3) is 0.214. The van der Waals surface area contributed by atoms with Crippen molar-refractivity contribution in [3.8, 4) is 0 Å². The van der Waals surface area contributed by atoms with E-state index in [4.69, 9.17) is 0 Å². The van der Waals surface area contributed by atoms with Crippen LogP contribution in [0, 0.1) is 5.82 Å². The molecule has 2 amide bonds. The van der Waals surface area contributed by atoms with Gasteiger partial charge in [0.2, 0.25) is 5.69 Å². The zero-order chi connectivity index (χ0) is 30.2. The number of carbonyl (C=O) groups excluding carboxylic acids is 2. The number of fused-ring (bicyclic) bond motifs is 1. The number of quaternary nitrogens is 1. The molecule has 1 fully saturated rings. The summed E-state index contributed by atoms with van der Waals surface area (Å²) >= 11 is 0. The Morgan fingerprint density at radius 2 is 1.86 bits per heavy atom. The Labute approximate surface area is 240 Å². The van der Waals surface area contributed by atoms with Crippen LogP contribution in [-0.2, 0) is 6.54 Å². The molecule has 2 aliphatic carbocycles. The van der Waals surface area contributed by atoms with E-state index in [-0.39, 0.29) is 47.0 Å². The van der Waals surface area contributed by atoms with Crippen LogP contribution in [0.5, 0.6) is 0 Å². The molecule has 2 aromatic heterocycles. The van der Waals surface area contributed by atoms with Gasteiger partial charge in [-0.15, -0.1) is 0 Å². The first-order valence-electron chi connectivity index (χ1n) is 13.3. The van der Waals surface area contributed by atoms with Crippen molar-refractivity contribution in [2.75, 3.05) is 5.32 Å². The molecule has 43 heavy (non-hydrogen) atoms. The molecule has 1 unspecified atom stereocenters. The summed E-state index contributed by atoms with van der Waals surface area (Å²) in [6.45, 7) is -0.0888. The minimum absolute atomic E-state index is 0.00115. The van der Waals surface area contributed by atoms with Crippen molar-refractivity contribution in [1.29, 1.82) is 0 Å². The van der Waals surface area contributed by atoms with Crippen molar-refractivity contribution in [3.63, 3.8) is 0 Å². The third-order valence-electron chi connectivity index (χ3n) is 7.38. The van der Waals surface area contributed by atoms with Crippen molar-refractivity contribution >= 4 is 28.9 Å². The summed E-state index contributed by atoms with van der Waals surface area (Å²) in [5.41, 5.74) is 4.65. The van der Waals surface area contributed by atoms with Crippen LogP contribution in [0.3, 0.4) is 0 Å². The number of rotatable bonds is 8. The van der Waals surface area contributed by atoms with E-state index in [0.29, 0.717) is 24.2 Å². The normalized spacial score (nSPS) is 17.6. The second-order valence-corrected chi connectivity index (χ2v) is 10.2. The average Bonchev–Trinajstić information content (AvgIpc) is 3.63. The van der Waals surface area contributed by atoms with E-state index < -0.39 is 34.2 Å². The van der Waals surface area contributed by atoms with Gasteiger partial charge >= 0.3 is 5.76 Å². The summed E-state index contributed by atoms with van der Waals surface area (Å²) in [4.78, 5) is 70.8. The van der Waals surface area contributed by atoms with E-state index in [1.165, 1.54) is 18.2 Å². The fourth-order valence-corrected chi connectivity index (χ4v) is 5.23. The number of aromatic nitrogens is 4. The molecule has 14 nitrogen and oxygen atoms in total. The summed E-state index contributed by atoms with van der Waals surface area (Å²) in [5, 5.41) is 12.0. The van der Waals surface area contributed by atoms with Crippen molar-refractivity contribution in [2.45, 2.75) is 37.8 Å². The maximum atomic E-state index is 14.2. The maximum absolute atomic E-state index is 14.2. The first-order valence-corrected chi connectivity index (χ1v) is 13.3. The van der Waals surface area contributed by atoms with Gasteiger partial charge in [0, 0.05) is 24.2 Å². The highest BCUT2D eigenvalue weighted by atomic mass is 19.1. The fourth-order valence-electron chi connectivity index (χ4n) is 5.23. The number of hydrogen-bond acceptors (Lipinski definition) is 10. The van der Waals surface area contributed by atoms with Crippen LogP contribution in [0.4, 0.5) is 21.5 Å². The summed E-state index contributed by atoms with van der Waals surface area (Å²) < 4.78 is 18.8. The third kappa shape index (κ3) is 5.52. The number of halogens is 1. The van der Waals surface area contributed by atoms with Gasteiger partial charge < -0.3 is 21.7 Å². The Balaban J connectivity index is 1.07. The summed E-state index contributed by atoms with van der Waals surface area (Å²) in [6, 6.07) is 4.87. The van der Waals surface area contributed by atoms with Gasteiger partial charge in [0.15, 0.2) is 11.5 Å². The van der Waals surface area contributed by atoms with Gasteiger partial charge in [0.25, 0.3) is 22.7 Å². The molecule has 7 N–H and O–H groups in total. The van der Waals surface area contributed by atoms with Gasteiger partial charge in [0.1, 0.15) is 23.5 Å². The van der Waals surface area contributed by atoms with E-state index in [1.54, 1.807) is 0 Å². The Bertz CT molecular complexity index is 1970. The monoisotopic (exact) mass is 587 g/mol. The topological polar surface area (TPSA) is 217 Å². The minimum atomic E-state index is -0.733. The van der Waals surface area contributed by atoms with Crippen LogP contribution >= 0.6 is 0 Å². The molecular formula is C28H24FN8O6+. The highest BCUT2D eigenvalue weighted by Gasteiger charge is 2.31. The molecule has 1 saturated carbocycles. The maximum Gasteiger partial charge on any atom is 0.438 e. The Morgan fingerprint density at radius 3 is 2.60 bits per heavy atom. The SMILES string of the molecule is [NH3+]c1c(Nc2cc(F)cc(CNC(=O)c3cc(C(=O)N[C@H]4CCC5=CC(c6noc(=O)[nH]6)CC=C54)ncn3)c2)c(=O)c1=O. The van der Waals surface area contributed by atoms with E-state index in [2.05, 4.69) is 46.3 Å². The lowest BCUT2D eigenvalue weighted by Gasteiger charge is -2.20. The Morgan fingerprint density at radius 1 is 1.07 bits per heavy atom. The highest BCUT2D eigenvalue weighted by molar-refractivity contribution is 5.97. The molecule has 15 heteroatoms. The number of nitrogens with one attached hydrogen (secondary N) is 4. The second kappa shape index (κ2) is 11.0. The molecule has 0 aliphatic heterocycles. The molecule has 0 spiro atoms. The lowest BCUT2D eigenvalue weighted by molar-refractivity contribution is -0.256. The molecule has 0 radical (unpaired) electrons. The molecule has 2 aliphatic rings. The zero-order valence-corrected chi connectivity index (χ0v) is 22.4. The highest BCUT2D eigenvalue weighted by Crippen LogP contribution is 2.38. The summed E-state index contributed by atoms with van der Waals surface area (Å²) in [5.74, 6) is -1.99. The zero-order valence-electron chi connectivity index (χ0n) is 22.4. The van der Waals surface area contributed by atoms with Gasteiger partial charge in [-0.2, -0.15) is 0 Å². The van der Waals surface area contributed by atoms with E-state index in [9.17, 15) is 28.4 Å². The third-order valence-corrected chi connectivity index (χ3v) is 7.38. The second-order valence-electron chi connectivity index (χ2n) is 10.2. The molecule has 0 bridgehead atoms. The van der Waals surface area contributed by atoms with Crippen molar-refractivity contribution in [3.05, 3.63) is 113 Å². The number of anilines is 2. The first-order chi connectivity index (χ1) is 20.7. The van der Waals surface area contributed by atoms with E-state index in [1.807, 2.05) is 12.2 Å². The van der Waals surface area contributed by atoms with Crippen molar-refractivity contribution < 1.29 is 24.2 Å². The van der Waals surface area contributed by atoms with Gasteiger partial charge in [0.05, 0.1) is 6.04 Å². The van der Waals surface area contributed by atoms with Gasteiger partial charge in [-0.25, -0.2) is 19.2 Å². The molecule has 2 atom stereocenters. The standard InChI is InChI=1S/C28H23FN8O6/c29-15-5-12(6-16(8-15)34-22-21(30)23(38)24(22)39)10-31-26(40)19-9-20(33-11-32-19)27(41)35-18-4-2-13-7-14(1-3-17(13)18)25-36-28(42)43-37-25/h3,5-9,11,14,18,34H,1-2,4,10,30H2,(H,31,40)(H,35,41)(H,36,37,42)/p+1/t14?,18-/m0/s1. The molecular weight excluding hydrogens is 563 g/mol. The predicted octanol–water partition coefficient (Wildman–Crippen LogP) is 0.367. The average molecular weight is 588 g/mol. The number of nitrogens with zero attached hydrogens (tertiary/aromatic N) is 3.